The molecule has 1 aromatic carbocycles. The number of carbonyl (C=O) groups is 3. The Kier molecular flexibility index (Phi) is 10.3. The molecule has 1 heterocycles. The minimum atomic E-state index is -0.634. The molecule has 0 spiro atoms. The first-order chi connectivity index (χ1) is 14.9. The van der Waals surface area contributed by atoms with E-state index in [9.17, 15) is 14.4 Å². The van der Waals surface area contributed by atoms with Crippen LogP contribution in [0.25, 0.3) is 0 Å². The van der Waals surface area contributed by atoms with E-state index < -0.39 is 11.9 Å². The quantitative estimate of drug-likeness (QED) is 0.435. The fourth-order valence-electron chi connectivity index (χ4n) is 3.67. The Hall–Kier alpha value is -2.61. The number of hydrogen-bond donors (Lipinski definition) is 3. The van der Waals surface area contributed by atoms with Gasteiger partial charge in [0.05, 0.1) is 6.61 Å². The van der Waals surface area contributed by atoms with Crippen LogP contribution in [0.15, 0.2) is 24.3 Å². The minimum Gasteiger partial charge on any atom is -0.494 e. The summed E-state index contributed by atoms with van der Waals surface area (Å²) in [5.41, 5.74) is 6.07. The lowest BCUT2D eigenvalue weighted by Crippen LogP contribution is -2.48. The van der Waals surface area contributed by atoms with E-state index in [4.69, 9.17) is 10.5 Å². The van der Waals surface area contributed by atoms with Gasteiger partial charge in [0.25, 0.3) is 5.91 Å². The van der Waals surface area contributed by atoms with E-state index in [-0.39, 0.29) is 17.7 Å². The van der Waals surface area contributed by atoms with E-state index in [0.29, 0.717) is 25.1 Å². The van der Waals surface area contributed by atoms with Crippen molar-refractivity contribution in [3.8, 4) is 5.75 Å². The van der Waals surface area contributed by atoms with Crippen molar-refractivity contribution in [2.45, 2.75) is 51.5 Å². The number of ether oxygens (including phenoxy) is 1. The molecule has 0 unspecified atom stereocenters. The molecule has 3 amide bonds. The number of nitrogens with zero attached hydrogens (tertiary/aromatic N) is 1. The van der Waals surface area contributed by atoms with Gasteiger partial charge in [-0.3, -0.25) is 14.4 Å². The molecule has 172 valence electrons. The second-order valence-corrected chi connectivity index (χ2v) is 8.10. The number of hydrogen-bond acceptors (Lipinski definition) is 5. The predicted molar refractivity (Wildman–Crippen MR) is 120 cm³/mol. The van der Waals surface area contributed by atoms with Gasteiger partial charge in [-0.05, 0) is 77.0 Å². The summed E-state index contributed by atoms with van der Waals surface area (Å²) in [4.78, 5) is 38.5. The second-order valence-electron chi connectivity index (χ2n) is 8.10. The molecule has 1 aliphatic rings. The Morgan fingerprint density at radius 3 is 2.42 bits per heavy atom. The van der Waals surface area contributed by atoms with Crippen LogP contribution in [-0.4, -0.2) is 62.0 Å². The average Bonchev–Trinajstić information content (AvgIpc) is 2.76. The van der Waals surface area contributed by atoms with Crippen LogP contribution < -0.4 is 21.1 Å². The number of nitrogens with two attached hydrogens (primary N) is 1. The lowest BCUT2D eigenvalue weighted by Gasteiger charge is -2.29. The average molecular weight is 433 g/mol. The number of carbonyl (C=O) groups excluding carboxylic acids is 3. The van der Waals surface area contributed by atoms with Crippen LogP contribution in [0.4, 0.5) is 0 Å². The van der Waals surface area contributed by atoms with E-state index in [1.54, 1.807) is 24.3 Å². The van der Waals surface area contributed by atoms with Gasteiger partial charge in [0.15, 0.2) is 0 Å². The maximum absolute atomic E-state index is 12.4. The predicted octanol–water partition coefficient (Wildman–Crippen LogP) is 1.69. The number of unbranched alkanes of at least 4 members (excludes halogenated alkanes) is 2. The van der Waals surface area contributed by atoms with Gasteiger partial charge in [-0.1, -0.05) is 12.8 Å². The molecular weight excluding hydrogens is 396 g/mol. The highest BCUT2D eigenvalue weighted by Gasteiger charge is 2.26. The summed E-state index contributed by atoms with van der Waals surface area (Å²) in [6, 6.07) is 6.41. The lowest BCUT2D eigenvalue weighted by atomic mass is 9.95. The van der Waals surface area contributed by atoms with Crippen molar-refractivity contribution < 1.29 is 19.1 Å². The highest BCUT2D eigenvalue weighted by Crippen LogP contribution is 2.17. The summed E-state index contributed by atoms with van der Waals surface area (Å²) in [5, 5.41) is 5.73. The zero-order chi connectivity index (χ0) is 22.6. The number of piperidine rings is 1. The van der Waals surface area contributed by atoms with Crippen molar-refractivity contribution in [3.63, 3.8) is 0 Å². The third kappa shape index (κ3) is 8.57. The number of nitrogens with one attached hydrogen (secondary N) is 2. The molecule has 0 bridgehead atoms. The van der Waals surface area contributed by atoms with E-state index in [0.717, 1.165) is 50.9 Å². The molecule has 1 atom stereocenters. The molecule has 1 aromatic rings. The van der Waals surface area contributed by atoms with Crippen molar-refractivity contribution in [3.05, 3.63) is 29.8 Å². The number of rotatable bonds is 12. The lowest BCUT2D eigenvalue weighted by molar-refractivity contribution is -0.131. The largest absolute Gasteiger partial charge is 0.494 e. The first kappa shape index (κ1) is 24.7. The highest BCUT2D eigenvalue weighted by atomic mass is 16.5. The van der Waals surface area contributed by atoms with Crippen LogP contribution in [0.5, 0.6) is 5.75 Å². The van der Waals surface area contributed by atoms with Gasteiger partial charge < -0.3 is 26.0 Å². The maximum atomic E-state index is 12.4. The van der Waals surface area contributed by atoms with E-state index in [1.165, 1.54) is 0 Å². The molecule has 2 rings (SSSR count). The molecule has 4 N–H and O–H groups in total. The van der Waals surface area contributed by atoms with Gasteiger partial charge >= 0.3 is 0 Å². The van der Waals surface area contributed by atoms with Crippen molar-refractivity contribution in [2.24, 2.45) is 11.7 Å². The summed E-state index contributed by atoms with van der Waals surface area (Å²) in [6.07, 6.45) is 4.50. The van der Waals surface area contributed by atoms with E-state index >= 15 is 0 Å². The molecule has 1 fully saturated rings. The van der Waals surface area contributed by atoms with Gasteiger partial charge in [0, 0.05) is 18.0 Å². The van der Waals surface area contributed by atoms with Crippen LogP contribution in [0.1, 0.15) is 55.8 Å². The Morgan fingerprint density at radius 2 is 1.81 bits per heavy atom. The Balaban J connectivity index is 1.63. The zero-order valence-electron chi connectivity index (χ0n) is 18.7. The summed E-state index contributed by atoms with van der Waals surface area (Å²) in [7, 11) is 2.04. The first-order valence-corrected chi connectivity index (χ1v) is 11.2. The van der Waals surface area contributed by atoms with Crippen molar-refractivity contribution in [2.75, 3.05) is 33.3 Å². The fraction of sp³-hybridized carbons (Fsp3) is 0.609. The van der Waals surface area contributed by atoms with Gasteiger partial charge in [-0.15, -0.1) is 0 Å². The van der Waals surface area contributed by atoms with Crippen molar-refractivity contribution >= 4 is 17.7 Å². The van der Waals surface area contributed by atoms with Crippen molar-refractivity contribution in [1.29, 1.82) is 0 Å². The maximum Gasteiger partial charge on any atom is 0.251 e. The molecule has 0 aromatic heterocycles. The topological polar surface area (TPSA) is 114 Å². The van der Waals surface area contributed by atoms with Crippen LogP contribution in [0.2, 0.25) is 0 Å². The summed E-state index contributed by atoms with van der Waals surface area (Å²) in [6.45, 7) is 4.83. The monoisotopic (exact) mass is 432 g/mol. The fourth-order valence-corrected chi connectivity index (χ4v) is 3.67. The highest BCUT2D eigenvalue weighted by molar-refractivity contribution is 5.94. The summed E-state index contributed by atoms with van der Waals surface area (Å²) in [5.74, 6) is 0.00915. The molecule has 8 heteroatoms. The second kappa shape index (κ2) is 12.9. The number of amides is 3. The third-order valence-corrected chi connectivity index (χ3v) is 5.63. The smallest absolute Gasteiger partial charge is 0.251 e. The van der Waals surface area contributed by atoms with Crippen LogP contribution in [0, 0.1) is 5.92 Å². The number of likely N-dealkylation sites (tertiary alicyclic amines) is 1. The van der Waals surface area contributed by atoms with E-state index in [2.05, 4.69) is 15.5 Å². The van der Waals surface area contributed by atoms with Crippen molar-refractivity contribution in [1.82, 2.24) is 15.5 Å². The standard InChI is InChI=1S/C23H36N4O4/c1-3-31-19-10-8-17(9-11-19)22(29)25-14-6-4-5-7-20(21(24)28)26-23(30)18-12-15-27(2)16-13-18/h8-11,18,20H,3-7,12-16H2,1-2H3,(H2,24,28)(H,25,29)(H,26,30)/t20-/m0/s1. The molecule has 0 radical (unpaired) electrons. The van der Waals surface area contributed by atoms with Gasteiger partial charge in [0.1, 0.15) is 11.8 Å². The van der Waals surface area contributed by atoms with Crippen LogP contribution in [-0.2, 0) is 9.59 Å². The first-order valence-electron chi connectivity index (χ1n) is 11.2. The summed E-state index contributed by atoms with van der Waals surface area (Å²) < 4.78 is 5.37. The van der Waals surface area contributed by atoms with Gasteiger partial charge in [-0.25, -0.2) is 0 Å². The summed E-state index contributed by atoms with van der Waals surface area (Å²) >= 11 is 0. The zero-order valence-corrected chi connectivity index (χ0v) is 18.7. The SMILES string of the molecule is CCOc1ccc(C(=O)NCCCCC[C@H](NC(=O)C2CCN(C)CC2)C(N)=O)cc1. The van der Waals surface area contributed by atoms with E-state index in [1.807, 2.05) is 14.0 Å². The number of primary amides is 1. The molecule has 1 saturated heterocycles. The Labute approximate surface area is 184 Å². The molecule has 1 aliphatic heterocycles. The molecule has 8 nitrogen and oxygen atoms in total. The van der Waals surface area contributed by atoms with Gasteiger partial charge in [0.2, 0.25) is 11.8 Å². The van der Waals surface area contributed by atoms with Crippen LogP contribution in [0.3, 0.4) is 0 Å². The Morgan fingerprint density at radius 1 is 1.13 bits per heavy atom. The molecule has 0 saturated carbocycles. The molecular formula is C23H36N4O4. The normalized spacial score (nSPS) is 15.8. The third-order valence-electron chi connectivity index (χ3n) is 5.63. The Bertz CT molecular complexity index is 715. The number of benzene rings is 1. The van der Waals surface area contributed by atoms with Crippen LogP contribution >= 0.6 is 0 Å². The molecule has 31 heavy (non-hydrogen) atoms. The van der Waals surface area contributed by atoms with Gasteiger partial charge in [-0.2, -0.15) is 0 Å². The minimum absolute atomic E-state index is 0.0455. The molecule has 0 aliphatic carbocycles.